The second kappa shape index (κ2) is 9.18. The zero-order valence-electron chi connectivity index (χ0n) is 18.3. The average Bonchev–Trinajstić information content (AvgIpc) is 3.54. The van der Waals surface area contributed by atoms with Crippen LogP contribution in [0.25, 0.3) is 10.9 Å². The summed E-state index contributed by atoms with van der Waals surface area (Å²) >= 11 is 0. The molecule has 168 valence electrons. The molecule has 0 radical (unpaired) electrons. The number of ether oxygens (including phenoxy) is 1. The van der Waals surface area contributed by atoms with Gasteiger partial charge in [0.15, 0.2) is 0 Å². The molecule has 8 nitrogen and oxygen atoms in total. The number of likely N-dealkylation sites (tertiary alicyclic amines) is 1. The zero-order chi connectivity index (χ0) is 22.0. The molecule has 1 saturated heterocycles. The molecule has 1 saturated carbocycles. The van der Waals surface area contributed by atoms with Gasteiger partial charge in [-0.15, -0.1) is 0 Å². The van der Waals surface area contributed by atoms with Gasteiger partial charge in [-0.2, -0.15) is 0 Å². The number of carbonyl (C=O) groups excluding carboxylic acids is 2. The smallest absolute Gasteiger partial charge is 0.409 e. The fourth-order valence-electron chi connectivity index (χ4n) is 4.59. The van der Waals surface area contributed by atoms with Crippen molar-refractivity contribution in [3.63, 3.8) is 0 Å². The van der Waals surface area contributed by atoms with Crippen LogP contribution in [0.5, 0.6) is 0 Å². The maximum absolute atomic E-state index is 13.2. The van der Waals surface area contributed by atoms with Gasteiger partial charge in [0.05, 0.1) is 19.7 Å². The van der Waals surface area contributed by atoms with Crippen molar-refractivity contribution in [2.24, 2.45) is 5.92 Å². The van der Waals surface area contributed by atoms with E-state index in [1.54, 1.807) is 4.90 Å². The molecule has 31 heavy (non-hydrogen) atoms. The second-order valence-electron chi connectivity index (χ2n) is 8.68. The minimum atomic E-state index is -0.413. The lowest BCUT2D eigenvalue weighted by Crippen LogP contribution is -2.57. The fraction of sp³-hybridized carbons (Fsp3) is 0.565. The van der Waals surface area contributed by atoms with E-state index in [0.29, 0.717) is 26.1 Å². The number of nitrogens with zero attached hydrogens (tertiary/aromatic N) is 2. The van der Waals surface area contributed by atoms with E-state index < -0.39 is 6.09 Å². The van der Waals surface area contributed by atoms with Crippen LogP contribution in [-0.2, 0) is 17.7 Å². The Bertz CT molecular complexity index is 939. The van der Waals surface area contributed by atoms with Gasteiger partial charge >= 0.3 is 12.1 Å². The molecule has 2 aromatic rings. The number of rotatable bonds is 6. The number of hydrogen-bond acceptors (Lipinski definition) is 4. The molecule has 1 aliphatic heterocycles. The molecule has 0 spiro atoms. The average molecular weight is 429 g/mol. The molecule has 2 fully saturated rings. The van der Waals surface area contributed by atoms with Gasteiger partial charge in [-0.3, -0.25) is 0 Å². The van der Waals surface area contributed by atoms with Crippen molar-refractivity contribution in [2.75, 3.05) is 26.8 Å². The third kappa shape index (κ3) is 4.79. The third-order valence-electron chi connectivity index (χ3n) is 6.35. The van der Waals surface area contributed by atoms with Crippen molar-refractivity contribution in [1.29, 1.82) is 0 Å². The molecule has 2 aliphatic rings. The number of amides is 3. The van der Waals surface area contributed by atoms with Crippen molar-refractivity contribution in [3.8, 4) is 0 Å². The normalized spacial score (nSPS) is 21.2. The maximum atomic E-state index is 13.2. The lowest BCUT2D eigenvalue weighted by Gasteiger charge is -2.41. The monoisotopic (exact) mass is 428 g/mol. The van der Waals surface area contributed by atoms with Crippen molar-refractivity contribution in [2.45, 2.75) is 51.2 Å². The summed E-state index contributed by atoms with van der Waals surface area (Å²) in [7, 11) is 1.36. The number of aromatic nitrogens is 1. The standard InChI is InChI=1S/C23H32N4O4/c1-3-15-4-7-21-17(8-15)10-18(25-21)11-24-22(29)27(19-5-6-19)20-9-16(14-28)12-26(13-20)23(30)31-2/h4,7-8,10,16,19-20,25,28H,3,5-6,9,11-14H2,1-2H3,(H,24,29). The summed E-state index contributed by atoms with van der Waals surface area (Å²) in [6.45, 7) is 3.41. The van der Waals surface area contributed by atoms with E-state index in [1.165, 1.54) is 12.7 Å². The quantitative estimate of drug-likeness (QED) is 0.659. The predicted molar refractivity (Wildman–Crippen MR) is 118 cm³/mol. The number of fused-ring (bicyclic) bond motifs is 1. The van der Waals surface area contributed by atoms with Gasteiger partial charge in [0.1, 0.15) is 0 Å². The van der Waals surface area contributed by atoms with Gasteiger partial charge in [-0.1, -0.05) is 13.0 Å². The van der Waals surface area contributed by atoms with Crippen LogP contribution < -0.4 is 5.32 Å². The van der Waals surface area contributed by atoms with E-state index in [4.69, 9.17) is 4.74 Å². The number of H-pyrrole nitrogens is 1. The van der Waals surface area contributed by atoms with E-state index in [2.05, 4.69) is 41.5 Å². The summed E-state index contributed by atoms with van der Waals surface area (Å²) in [5.74, 6) is -0.0617. The maximum Gasteiger partial charge on any atom is 0.409 e. The number of methoxy groups -OCH3 is 1. The first-order valence-corrected chi connectivity index (χ1v) is 11.1. The lowest BCUT2D eigenvalue weighted by atomic mass is 9.94. The fourth-order valence-corrected chi connectivity index (χ4v) is 4.59. The molecule has 2 heterocycles. The van der Waals surface area contributed by atoms with Crippen LogP contribution in [0, 0.1) is 5.92 Å². The first-order chi connectivity index (χ1) is 15.0. The number of aromatic amines is 1. The lowest BCUT2D eigenvalue weighted by molar-refractivity contribution is 0.0464. The zero-order valence-corrected chi connectivity index (χ0v) is 18.3. The van der Waals surface area contributed by atoms with Crippen molar-refractivity contribution in [3.05, 3.63) is 35.5 Å². The van der Waals surface area contributed by atoms with Crippen LogP contribution in [0.2, 0.25) is 0 Å². The van der Waals surface area contributed by atoms with E-state index >= 15 is 0 Å². The number of piperidine rings is 1. The Morgan fingerprint density at radius 2 is 2.06 bits per heavy atom. The molecule has 0 bridgehead atoms. The number of aliphatic hydroxyl groups is 1. The minimum Gasteiger partial charge on any atom is -0.453 e. The van der Waals surface area contributed by atoms with Gasteiger partial charge in [0, 0.05) is 42.9 Å². The van der Waals surface area contributed by atoms with Gasteiger partial charge in [-0.05, 0) is 54.8 Å². The van der Waals surface area contributed by atoms with Crippen molar-refractivity contribution in [1.82, 2.24) is 20.1 Å². The number of benzene rings is 1. The number of aryl methyl sites for hydroxylation is 1. The van der Waals surface area contributed by atoms with E-state index in [9.17, 15) is 14.7 Å². The topological polar surface area (TPSA) is 97.9 Å². The Kier molecular flexibility index (Phi) is 6.36. The Balaban J connectivity index is 1.44. The van der Waals surface area contributed by atoms with E-state index in [1.807, 2.05) is 4.90 Å². The summed E-state index contributed by atoms with van der Waals surface area (Å²) in [6.07, 6.45) is 3.20. The highest BCUT2D eigenvalue weighted by Crippen LogP contribution is 2.33. The predicted octanol–water partition coefficient (Wildman–Crippen LogP) is 2.85. The van der Waals surface area contributed by atoms with Crippen LogP contribution in [0.4, 0.5) is 9.59 Å². The van der Waals surface area contributed by atoms with Crippen LogP contribution in [0.15, 0.2) is 24.3 Å². The molecule has 2 unspecified atom stereocenters. The van der Waals surface area contributed by atoms with E-state index in [0.717, 1.165) is 35.9 Å². The number of aliphatic hydroxyl groups excluding tert-OH is 1. The summed E-state index contributed by atoms with van der Waals surface area (Å²) in [5, 5.41) is 13.9. The Labute approximate surface area is 182 Å². The Hall–Kier alpha value is -2.74. The molecule has 1 aliphatic carbocycles. The summed E-state index contributed by atoms with van der Waals surface area (Å²) in [5.41, 5.74) is 3.31. The van der Waals surface area contributed by atoms with Gasteiger partial charge < -0.3 is 29.9 Å². The molecular formula is C23H32N4O4. The number of urea groups is 1. The number of nitrogens with one attached hydrogen (secondary N) is 2. The highest BCUT2D eigenvalue weighted by Gasteiger charge is 2.42. The molecule has 1 aromatic heterocycles. The third-order valence-corrected chi connectivity index (χ3v) is 6.35. The summed E-state index contributed by atoms with van der Waals surface area (Å²) < 4.78 is 4.88. The van der Waals surface area contributed by atoms with Crippen LogP contribution in [0.3, 0.4) is 0 Å². The molecular weight excluding hydrogens is 396 g/mol. The van der Waals surface area contributed by atoms with E-state index in [-0.39, 0.29) is 30.6 Å². The highest BCUT2D eigenvalue weighted by molar-refractivity contribution is 5.81. The minimum absolute atomic E-state index is 0.0149. The summed E-state index contributed by atoms with van der Waals surface area (Å²) in [6, 6.07) is 8.38. The first kappa shape index (κ1) is 21.5. The molecule has 3 N–H and O–H groups in total. The van der Waals surface area contributed by atoms with Crippen molar-refractivity contribution < 1.29 is 19.4 Å². The second-order valence-corrected chi connectivity index (χ2v) is 8.68. The van der Waals surface area contributed by atoms with Crippen LogP contribution in [0.1, 0.15) is 37.4 Å². The molecule has 4 rings (SSSR count). The van der Waals surface area contributed by atoms with Crippen LogP contribution in [-0.4, -0.2) is 70.9 Å². The molecule has 1 aromatic carbocycles. The number of carbonyl (C=O) groups is 2. The van der Waals surface area contributed by atoms with Crippen LogP contribution >= 0.6 is 0 Å². The number of hydrogen-bond donors (Lipinski definition) is 3. The first-order valence-electron chi connectivity index (χ1n) is 11.1. The Morgan fingerprint density at radius 3 is 2.74 bits per heavy atom. The van der Waals surface area contributed by atoms with Crippen molar-refractivity contribution >= 4 is 23.0 Å². The van der Waals surface area contributed by atoms with Gasteiger partial charge in [0.2, 0.25) is 0 Å². The molecule has 2 atom stereocenters. The Morgan fingerprint density at radius 1 is 1.26 bits per heavy atom. The SMILES string of the molecule is CCc1ccc2[nH]c(CNC(=O)N(C3CC3)C3CC(CO)CN(C(=O)OC)C3)cc2c1. The molecule has 3 amide bonds. The summed E-state index contributed by atoms with van der Waals surface area (Å²) in [4.78, 5) is 32.1. The molecule has 8 heteroatoms. The van der Waals surface area contributed by atoms with Gasteiger partial charge in [0.25, 0.3) is 0 Å². The highest BCUT2D eigenvalue weighted by atomic mass is 16.5. The van der Waals surface area contributed by atoms with Gasteiger partial charge in [-0.25, -0.2) is 9.59 Å². The largest absolute Gasteiger partial charge is 0.453 e.